The predicted molar refractivity (Wildman–Crippen MR) is 183 cm³/mol. The van der Waals surface area contributed by atoms with E-state index < -0.39 is 58.0 Å². The number of carbonyl (C=O) groups is 3. The highest BCUT2D eigenvalue weighted by molar-refractivity contribution is 6.30. The minimum atomic E-state index is -2.70. The Morgan fingerprint density at radius 3 is 2.39 bits per heavy atom. The van der Waals surface area contributed by atoms with Crippen molar-refractivity contribution < 1.29 is 39.5 Å². The van der Waals surface area contributed by atoms with Gasteiger partial charge in [0.1, 0.15) is 28.6 Å². The van der Waals surface area contributed by atoms with Crippen molar-refractivity contribution in [2.45, 2.75) is 37.5 Å². The lowest BCUT2D eigenvalue weighted by Crippen LogP contribution is -2.63. The number of nitrogens with one attached hydrogen (secondary N) is 1. The molecule has 0 heterocycles. The van der Waals surface area contributed by atoms with Crippen LogP contribution in [0.3, 0.4) is 0 Å². The van der Waals surface area contributed by atoms with E-state index in [-0.39, 0.29) is 29.7 Å². The van der Waals surface area contributed by atoms with Crippen LogP contribution >= 0.6 is 11.6 Å². The number of aliphatic hydroxyl groups excluding tert-OH is 2. The number of nitrogens with zero attached hydrogens (tertiary/aromatic N) is 1. The molecule has 3 aromatic rings. The van der Waals surface area contributed by atoms with Crippen LogP contribution in [0.5, 0.6) is 11.5 Å². The normalized spacial score (nSPS) is 23.3. The van der Waals surface area contributed by atoms with Crippen molar-refractivity contribution in [1.29, 1.82) is 0 Å². The third-order valence-corrected chi connectivity index (χ3v) is 10.2. The van der Waals surface area contributed by atoms with Crippen LogP contribution < -0.4 is 15.8 Å². The van der Waals surface area contributed by atoms with E-state index in [1.54, 1.807) is 27.3 Å². The van der Waals surface area contributed by atoms with Gasteiger partial charge in [0.15, 0.2) is 11.4 Å². The second kappa shape index (κ2) is 13.0. The van der Waals surface area contributed by atoms with Crippen LogP contribution in [0.15, 0.2) is 77.3 Å². The smallest absolute Gasteiger partial charge is 0.255 e. The van der Waals surface area contributed by atoms with E-state index in [9.17, 15) is 34.8 Å². The molecule has 0 unspecified atom stereocenters. The number of hydrogen-bond donors (Lipinski definition) is 6. The van der Waals surface area contributed by atoms with Crippen LogP contribution in [-0.2, 0) is 29.0 Å². The number of ether oxygens (including phenoxy) is 1. The number of aliphatic hydroxyl groups is 3. The molecule has 0 aromatic heterocycles. The van der Waals surface area contributed by atoms with Crippen LogP contribution in [0.1, 0.15) is 33.5 Å². The fourth-order valence-corrected chi connectivity index (χ4v) is 7.82. The molecule has 4 atom stereocenters. The highest BCUT2D eigenvalue weighted by atomic mass is 35.5. The predicted octanol–water partition coefficient (Wildman–Crippen LogP) is 3.78. The van der Waals surface area contributed by atoms with Gasteiger partial charge >= 0.3 is 0 Å². The first kappa shape index (κ1) is 34.2. The van der Waals surface area contributed by atoms with E-state index in [0.29, 0.717) is 34.0 Å². The van der Waals surface area contributed by atoms with Crippen LogP contribution in [0, 0.1) is 11.8 Å². The number of phenols is 1. The number of halogens is 1. The number of likely N-dealkylation sites (N-methyl/N-ethyl adjacent to an activating group) is 1. The molecular weight excluding hydrogens is 650 g/mol. The Kier molecular flexibility index (Phi) is 9.06. The average Bonchev–Trinajstić information content (AvgIpc) is 3.05. The summed E-state index contributed by atoms with van der Waals surface area (Å²) in [5.41, 5.74) is 5.58. The highest BCUT2D eigenvalue weighted by Crippen LogP contribution is 2.53. The van der Waals surface area contributed by atoms with Crippen LogP contribution in [0.25, 0.3) is 11.1 Å². The number of ketones is 2. The van der Waals surface area contributed by atoms with Gasteiger partial charge in [0.2, 0.25) is 5.78 Å². The Labute approximate surface area is 288 Å². The van der Waals surface area contributed by atoms with Gasteiger partial charge in [0, 0.05) is 28.6 Å². The fourth-order valence-electron chi connectivity index (χ4n) is 7.70. The minimum absolute atomic E-state index is 0.00439. The molecular formula is C37H38ClN3O8. The molecule has 0 aliphatic heterocycles. The van der Waals surface area contributed by atoms with Crippen molar-refractivity contribution in [2.75, 3.05) is 27.7 Å². The molecule has 3 aliphatic carbocycles. The quantitative estimate of drug-likeness (QED) is 0.143. The Morgan fingerprint density at radius 1 is 1.04 bits per heavy atom. The lowest BCUT2D eigenvalue weighted by atomic mass is 9.58. The summed E-state index contributed by atoms with van der Waals surface area (Å²) >= 11 is 6.00. The minimum Gasteiger partial charge on any atom is -0.510 e. The van der Waals surface area contributed by atoms with E-state index in [0.717, 1.165) is 24.1 Å². The molecule has 49 heavy (non-hydrogen) atoms. The summed E-state index contributed by atoms with van der Waals surface area (Å²) < 4.78 is 5.72. The van der Waals surface area contributed by atoms with E-state index in [1.807, 2.05) is 42.5 Å². The number of rotatable bonds is 9. The summed E-state index contributed by atoms with van der Waals surface area (Å²) in [6, 6.07) is 15.5. The number of amides is 1. The number of carbonyl (C=O) groups excluding carboxylic acids is 3. The first-order chi connectivity index (χ1) is 23.3. The Balaban J connectivity index is 1.38. The van der Waals surface area contributed by atoms with Gasteiger partial charge < -0.3 is 36.2 Å². The van der Waals surface area contributed by atoms with Gasteiger partial charge in [0.05, 0.1) is 18.7 Å². The molecule has 3 aliphatic rings. The standard InChI is InChI=1S/C37H38ClN3O8/c1-41(2)31-25-16-20-15-24-22(23-14-19(6-11-27(23)49-3)17-40-13-12-18-4-7-21(38)8-5-18)9-10-26(42)29(24)32(43)28(20)34(45)37(25,48)35(46)30(33(31)44)36(39)47/h4-11,14,20,25,31,40,42,44-45,48H,12-13,15-17H2,1-3H3,(H2,39,47)/t20-,25-,31+,37-/m0/s1. The molecule has 1 amide bonds. The summed E-state index contributed by atoms with van der Waals surface area (Å²) in [5.74, 6) is -6.40. The molecule has 7 N–H and O–H groups in total. The molecule has 256 valence electrons. The van der Waals surface area contributed by atoms with E-state index >= 15 is 0 Å². The maximum absolute atomic E-state index is 14.2. The van der Waals surface area contributed by atoms with Crippen LogP contribution in [0.4, 0.5) is 0 Å². The molecule has 3 aromatic carbocycles. The van der Waals surface area contributed by atoms with Crippen LogP contribution in [-0.4, -0.2) is 82.2 Å². The fraction of sp³-hybridized carbons (Fsp3) is 0.324. The number of aromatic hydroxyl groups is 1. The van der Waals surface area contributed by atoms with Crippen molar-refractivity contribution in [3.05, 3.63) is 105 Å². The number of benzene rings is 3. The lowest BCUT2D eigenvalue weighted by Gasteiger charge is -2.50. The van der Waals surface area contributed by atoms with Crippen LogP contribution in [0.2, 0.25) is 5.02 Å². The maximum atomic E-state index is 14.2. The monoisotopic (exact) mass is 687 g/mol. The highest BCUT2D eigenvalue weighted by Gasteiger charge is 2.63. The van der Waals surface area contributed by atoms with Gasteiger partial charge in [0.25, 0.3) is 5.91 Å². The number of primary amides is 1. The average molecular weight is 688 g/mol. The summed E-state index contributed by atoms with van der Waals surface area (Å²) in [6.07, 6.45) is 0.965. The van der Waals surface area contributed by atoms with E-state index in [2.05, 4.69) is 5.32 Å². The zero-order valence-corrected chi connectivity index (χ0v) is 28.0. The SMILES string of the molecule is COc1ccc(CNCCc2ccc(Cl)cc2)cc1-c1ccc(O)c2c1C[C@H]1C[C@H]3[C@@H](N(C)C)C(O)=C(C(N)=O)C(=O)[C@@]3(O)C(O)=C1C2=O. The Morgan fingerprint density at radius 2 is 1.73 bits per heavy atom. The third-order valence-electron chi connectivity index (χ3n) is 9.99. The lowest BCUT2D eigenvalue weighted by molar-refractivity contribution is -0.148. The molecule has 0 saturated carbocycles. The van der Waals surface area contributed by atoms with Crippen molar-refractivity contribution in [3.63, 3.8) is 0 Å². The van der Waals surface area contributed by atoms with Gasteiger partial charge in [-0.2, -0.15) is 0 Å². The molecule has 0 fully saturated rings. The molecule has 12 heteroatoms. The number of hydrogen-bond acceptors (Lipinski definition) is 10. The Hall–Kier alpha value is -4.68. The van der Waals surface area contributed by atoms with Crippen molar-refractivity contribution >= 4 is 29.1 Å². The number of phenolic OH excluding ortho intramolecular Hbond substituents is 1. The molecule has 0 bridgehead atoms. The van der Waals surface area contributed by atoms with Crippen molar-refractivity contribution in [3.8, 4) is 22.6 Å². The first-order valence-electron chi connectivity index (χ1n) is 15.9. The van der Waals surface area contributed by atoms with Gasteiger partial charge in [-0.25, -0.2) is 0 Å². The summed E-state index contributed by atoms with van der Waals surface area (Å²) in [6.45, 7) is 1.28. The zero-order valence-electron chi connectivity index (χ0n) is 27.3. The number of nitrogens with two attached hydrogens (primary N) is 1. The topological polar surface area (TPSA) is 183 Å². The number of methoxy groups -OCH3 is 1. The molecule has 6 rings (SSSR count). The number of allylic oxidation sites excluding steroid dienone is 1. The molecule has 0 spiro atoms. The summed E-state index contributed by atoms with van der Waals surface area (Å²) in [5, 5.41) is 49.6. The van der Waals surface area contributed by atoms with Gasteiger partial charge in [-0.1, -0.05) is 35.9 Å². The van der Waals surface area contributed by atoms with Crippen molar-refractivity contribution in [2.24, 2.45) is 17.6 Å². The Bertz CT molecular complexity index is 1940. The van der Waals surface area contributed by atoms with E-state index in [4.69, 9.17) is 22.1 Å². The second-order valence-electron chi connectivity index (χ2n) is 13.0. The van der Waals surface area contributed by atoms with Gasteiger partial charge in [-0.3, -0.25) is 19.3 Å². The molecule has 0 saturated heterocycles. The van der Waals surface area contributed by atoms with E-state index in [1.165, 1.54) is 11.0 Å². The molecule has 0 radical (unpaired) electrons. The van der Waals surface area contributed by atoms with Gasteiger partial charge in [-0.15, -0.1) is 0 Å². The third kappa shape index (κ3) is 5.66. The summed E-state index contributed by atoms with van der Waals surface area (Å²) in [7, 11) is 4.73. The molecule has 11 nitrogen and oxygen atoms in total. The first-order valence-corrected chi connectivity index (χ1v) is 16.3. The maximum Gasteiger partial charge on any atom is 0.255 e. The summed E-state index contributed by atoms with van der Waals surface area (Å²) in [4.78, 5) is 41.5. The van der Waals surface area contributed by atoms with Crippen molar-refractivity contribution in [1.82, 2.24) is 10.2 Å². The largest absolute Gasteiger partial charge is 0.510 e. The van der Waals surface area contributed by atoms with Gasteiger partial charge in [-0.05, 0) is 98.4 Å². The number of Topliss-reactive ketones (excluding diaryl/α,β-unsaturated/α-hetero) is 2. The second-order valence-corrected chi connectivity index (χ2v) is 13.5. The zero-order chi connectivity index (χ0) is 35.4. The number of fused-ring (bicyclic) bond motifs is 3.